The minimum Gasteiger partial charge on any atom is -0.480 e. The van der Waals surface area contributed by atoms with Crippen LogP contribution in [0.1, 0.15) is 22.3 Å². The van der Waals surface area contributed by atoms with Gasteiger partial charge in [-0.15, -0.1) is 0 Å². The average molecular weight is 295 g/mol. The molecular formula is C12H13N3O6. The van der Waals surface area contributed by atoms with Gasteiger partial charge in [0.15, 0.2) is 0 Å². The molecule has 0 radical (unpaired) electrons. The lowest BCUT2D eigenvalue weighted by molar-refractivity contribution is -0.385. The Morgan fingerprint density at radius 2 is 2.05 bits per heavy atom. The first-order chi connectivity index (χ1) is 9.72. The maximum absolute atomic E-state index is 11.9. The summed E-state index contributed by atoms with van der Waals surface area (Å²) in [5.41, 5.74) is 4.91. The maximum Gasteiger partial charge on any atom is 0.326 e. The molecule has 0 aliphatic carbocycles. The number of hydrogen-bond donors (Lipinski definition) is 3. The second-order valence-electron chi connectivity index (χ2n) is 4.29. The third kappa shape index (κ3) is 4.27. The molecule has 9 nitrogen and oxygen atoms in total. The van der Waals surface area contributed by atoms with Gasteiger partial charge < -0.3 is 16.2 Å². The van der Waals surface area contributed by atoms with E-state index in [2.05, 4.69) is 5.32 Å². The number of carboxylic acids is 1. The first-order valence-electron chi connectivity index (χ1n) is 5.79. The van der Waals surface area contributed by atoms with Gasteiger partial charge in [-0.2, -0.15) is 0 Å². The highest BCUT2D eigenvalue weighted by Gasteiger charge is 2.23. The van der Waals surface area contributed by atoms with Crippen molar-refractivity contribution in [3.8, 4) is 0 Å². The quantitative estimate of drug-likeness (QED) is 0.494. The summed E-state index contributed by atoms with van der Waals surface area (Å²) in [6.07, 6.45) is -0.574. The summed E-state index contributed by atoms with van der Waals surface area (Å²) in [7, 11) is 0. The molecule has 0 saturated heterocycles. The number of carbonyl (C=O) groups is 3. The van der Waals surface area contributed by atoms with E-state index in [-0.39, 0.29) is 11.3 Å². The molecule has 0 aliphatic heterocycles. The monoisotopic (exact) mass is 295 g/mol. The fourth-order valence-electron chi connectivity index (χ4n) is 1.59. The normalized spacial score (nSPS) is 11.5. The van der Waals surface area contributed by atoms with Crippen LogP contribution < -0.4 is 11.1 Å². The van der Waals surface area contributed by atoms with Crippen LogP contribution in [0.3, 0.4) is 0 Å². The van der Waals surface area contributed by atoms with Gasteiger partial charge in [-0.1, -0.05) is 6.07 Å². The highest BCUT2D eigenvalue weighted by molar-refractivity contribution is 5.98. The van der Waals surface area contributed by atoms with Crippen molar-refractivity contribution in [2.75, 3.05) is 0 Å². The molecule has 1 aromatic carbocycles. The second-order valence-corrected chi connectivity index (χ2v) is 4.29. The van der Waals surface area contributed by atoms with Gasteiger partial charge >= 0.3 is 5.97 Å². The summed E-state index contributed by atoms with van der Waals surface area (Å²) in [5, 5.41) is 21.8. The minimum absolute atomic E-state index is 0.0805. The fraction of sp³-hybridized carbons (Fsp3) is 0.250. The van der Waals surface area contributed by atoms with Gasteiger partial charge in [0.05, 0.1) is 11.3 Å². The number of primary amides is 1. The molecule has 1 unspecified atom stereocenters. The molecule has 0 aliphatic rings. The van der Waals surface area contributed by atoms with Crippen LogP contribution in [-0.2, 0) is 9.59 Å². The lowest BCUT2D eigenvalue weighted by Crippen LogP contribution is -2.43. The van der Waals surface area contributed by atoms with Gasteiger partial charge in [0.1, 0.15) is 6.04 Å². The molecule has 4 N–H and O–H groups in total. The lowest BCUT2D eigenvalue weighted by Gasteiger charge is -2.12. The molecule has 9 heteroatoms. The van der Waals surface area contributed by atoms with Crippen molar-refractivity contribution in [3.63, 3.8) is 0 Å². The predicted molar refractivity (Wildman–Crippen MR) is 70.5 cm³/mol. The molecule has 0 bridgehead atoms. The molecule has 112 valence electrons. The van der Waals surface area contributed by atoms with E-state index in [9.17, 15) is 24.5 Å². The van der Waals surface area contributed by atoms with Gasteiger partial charge in [-0.3, -0.25) is 19.7 Å². The van der Waals surface area contributed by atoms with E-state index in [1.165, 1.54) is 19.1 Å². The zero-order valence-corrected chi connectivity index (χ0v) is 11.0. The molecule has 2 amide bonds. The van der Waals surface area contributed by atoms with Gasteiger partial charge in [0, 0.05) is 17.2 Å². The number of rotatable bonds is 6. The standard InChI is InChI=1S/C12H13N3O6/c1-6-2-3-7(4-9(6)15(20)21)11(17)14-8(12(18)19)5-10(13)16/h2-4,8H,5H2,1H3,(H2,13,16)(H,14,17)(H,18,19). The molecule has 0 fully saturated rings. The molecular weight excluding hydrogens is 282 g/mol. The number of nitro benzene ring substituents is 1. The number of carboxylic acid groups (broad SMARTS) is 1. The van der Waals surface area contributed by atoms with Crippen molar-refractivity contribution in [1.82, 2.24) is 5.32 Å². The molecule has 0 heterocycles. The van der Waals surface area contributed by atoms with Crippen LogP contribution in [0, 0.1) is 17.0 Å². The number of hydrogen-bond acceptors (Lipinski definition) is 5. The van der Waals surface area contributed by atoms with Crippen LogP contribution in [-0.4, -0.2) is 33.9 Å². The molecule has 1 rings (SSSR count). The number of nitro groups is 1. The van der Waals surface area contributed by atoms with E-state index in [4.69, 9.17) is 10.8 Å². The molecule has 1 atom stereocenters. The van der Waals surface area contributed by atoms with E-state index >= 15 is 0 Å². The lowest BCUT2D eigenvalue weighted by atomic mass is 10.1. The van der Waals surface area contributed by atoms with Crippen LogP contribution >= 0.6 is 0 Å². The largest absolute Gasteiger partial charge is 0.480 e. The fourth-order valence-corrected chi connectivity index (χ4v) is 1.59. The van der Waals surface area contributed by atoms with Crippen LogP contribution in [0.5, 0.6) is 0 Å². The third-order valence-electron chi connectivity index (χ3n) is 2.68. The van der Waals surface area contributed by atoms with E-state index in [0.29, 0.717) is 5.56 Å². The van der Waals surface area contributed by atoms with Gasteiger partial charge in [0.25, 0.3) is 11.6 Å². The number of nitrogens with zero attached hydrogens (tertiary/aromatic N) is 1. The number of aliphatic carboxylic acids is 1. The van der Waals surface area contributed by atoms with Crippen molar-refractivity contribution in [2.24, 2.45) is 5.73 Å². The summed E-state index contributed by atoms with van der Waals surface area (Å²) < 4.78 is 0. The molecule has 0 aromatic heterocycles. The Morgan fingerprint density at radius 1 is 1.43 bits per heavy atom. The zero-order valence-electron chi connectivity index (χ0n) is 11.0. The van der Waals surface area contributed by atoms with Crippen molar-refractivity contribution >= 4 is 23.5 Å². The summed E-state index contributed by atoms with van der Waals surface area (Å²) >= 11 is 0. The average Bonchev–Trinajstić information content (AvgIpc) is 2.37. The van der Waals surface area contributed by atoms with Crippen molar-refractivity contribution in [2.45, 2.75) is 19.4 Å². The van der Waals surface area contributed by atoms with Crippen molar-refractivity contribution in [3.05, 3.63) is 39.4 Å². The molecule has 1 aromatic rings. The zero-order chi connectivity index (χ0) is 16.2. The van der Waals surface area contributed by atoms with E-state index in [1.54, 1.807) is 0 Å². The van der Waals surface area contributed by atoms with Crippen LogP contribution in [0.25, 0.3) is 0 Å². The highest BCUT2D eigenvalue weighted by Crippen LogP contribution is 2.19. The predicted octanol–water partition coefficient (Wildman–Crippen LogP) is -0.0384. The van der Waals surface area contributed by atoms with E-state index < -0.39 is 35.2 Å². The number of aryl methyl sites for hydroxylation is 1. The Morgan fingerprint density at radius 3 is 2.52 bits per heavy atom. The number of carbonyl (C=O) groups excluding carboxylic acids is 2. The number of amides is 2. The minimum atomic E-state index is -1.49. The molecule has 0 saturated carbocycles. The smallest absolute Gasteiger partial charge is 0.326 e. The number of nitrogens with one attached hydrogen (secondary N) is 1. The first kappa shape index (κ1) is 16.1. The Bertz CT molecular complexity index is 613. The Labute approximate surface area is 118 Å². The summed E-state index contributed by atoms with van der Waals surface area (Å²) in [4.78, 5) is 43.7. The molecule has 0 spiro atoms. The number of nitrogens with two attached hydrogens (primary N) is 1. The van der Waals surface area contributed by atoms with Crippen LogP contribution in [0.15, 0.2) is 18.2 Å². The van der Waals surface area contributed by atoms with Crippen LogP contribution in [0.2, 0.25) is 0 Å². The number of benzene rings is 1. The van der Waals surface area contributed by atoms with Crippen LogP contribution in [0.4, 0.5) is 5.69 Å². The Hall–Kier alpha value is -2.97. The van der Waals surface area contributed by atoms with Gasteiger partial charge in [-0.05, 0) is 13.0 Å². The first-order valence-corrected chi connectivity index (χ1v) is 5.79. The summed E-state index contributed by atoms with van der Waals surface area (Å²) in [5.74, 6) is -3.16. The summed E-state index contributed by atoms with van der Waals surface area (Å²) in [6.45, 7) is 1.51. The second kappa shape index (κ2) is 6.46. The Balaban J connectivity index is 2.97. The summed E-state index contributed by atoms with van der Waals surface area (Å²) in [6, 6.07) is 2.24. The molecule has 21 heavy (non-hydrogen) atoms. The highest BCUT2D eigenvalue weighted by atomic mass is 16.6. The van der Waals surface area contributed by atoms with Crippen molar-refractivity contribution in [1.29, 1.82) is 0 Å². The van der Waals surface area contributed by atoms with Gasteiger partial charge in [-0.25, -0.2) is 4.79 Å². The maximum atomic E-state index is 11.9. The topological polar surface area (TPSA) is 153 Å². The van der Waals surface area contributed by atoms with E-state index in [1.807, 2.05) is 0 Å². The van der Waals surface area contributed by atoms with Crippen molar-refractivity contribution < 1.29 is 24.4 Å². The Kier molecular flexibility index (Phi) is 4.95. The van der Waals surface area contributed by atoms with Gasteiger partial charge in [0.2, 0.25) is 5.91 Å². The third-order valence-corrected chi connectivity index (χ3v) is 2.68. The SMILES string of the molecule is Cc1ccc(C(=O)NC(CC(N)=O)C(=O)O)cc1[N+](=O)[O-]. The van der Waals surface area contributed by atoms with E-state index in [0.717, 1.165) is 6.07 Å².